The number of halogens is 3. The van der Waals surface area contributed by atoms with Crippen molar-refractivity contribution < 1.29 is 23.2 Å². The van der Waals surface area contributed by atoms with Gasteiger partial charge in [-0.3, -0.25) is 10.1 Å². The van der Waals surface area contributed by atoms with E-state index in [0.717, 1.165) is 17.9 Å². The van der Waals surface area contributed by atoms with Gasteiger partial charge < -0.3 is 10.4 Å². The number of fused-ring (bicyclic) bond motifs is 1. The predicted molar refractivity (Wildman–Crippen MR) is 87.4 cm³/mol. The summed E-state index contributed by atoms with van der Waals surface area (Å²) in [7, 11) is 0. The summed E-state index contributed by atoms with van der Waals surface area (Å²) in [5.41, 5.74) is -2.00. The van der Waals surface area contributed by atoms with E-state index in [1.54, 1.807) is 11.8 Å². The van der Waals surface area contributed by atoms with Gasteiger partial charge in [-0.05, 0) is 23.8 Å². The third-order valence-corrected chi connectivity index (χ3v) is 5.59. The quantitative estimate of drug-likeness (QED) is 0.595. The third-order valence-electron chi connectivity index (χ3n) is 4.32. The molecule has 2 unspecified atom stereocenters. The molecule has 2 rings (SSSR count). The Labute approximate surface area is 141 Å². The molecule has 2 atom stereocenters. The number of thioether (sulfide) groups is 1. The normalized spacial score (nSPS) is 19.5. The molecule has 1 aliphatic heterocycles. The number of nitro groups is 1. The smallest absolute Gasteiger partial charge is 0.396 e. The van der Waals surface area contributed by atoms with E-state index in [1.165, 1.54) is 0 Å². The van der Waals surface area contributed by atoms with Gasteiger partial charge in [0.2, 0.25) is 0 Å². The molecular formula is C15H19F3N2O3S. The summed E-state index contributed by atoms with van der Waals surface area (Å²) in [6.45, 7) is 3.72. The second kappa shape index (κ2) is 6.79. The standard InChI is InChI=1S/C15H19F3N2O3S/c1-3-24-8-14(2,7-21)13-5-9-4-12(20(22)23)10(15(16,17)18)6-11(9)19-13/h4,6,13,19,21H,3,5,7-8H2,1-2H3. The van der Waals surface area contributed by atoms with Gasteiger partial charge in [-0.1, -0.05) is 13.8 Å². The van der Waals surface area contributed by atoms with Gasteiger partial charge in [0.15, 0.2) is 0 Å². The topological polar surface area (TPSA) is 75.4 Å². The Kier molecular flexibility index (Phi) is 5.34. The summed E-state index contributed by atoms with van der Waals surface area (Å²) in [6.07, 6.45) is -4.45. The van der Waals surface area contributed by atoms with Crippen LogP contribution in [0.4, 0.5) is 24.5 Å². The number of nitro benzene ring substituents is 1. The maximum Gasteiger partial charge on any atom is 0.423 e. The Morgan fingerprint density at radius 2 is 2.12 bits per heavy atom. The lowest BCUT2D eigenvalue weighted by atomic mass is 9.83. The molecule has 1 aromatic rings. The Morgan fingerprint density at radius 1 is 1.46 bits per heavy atom. The summed E-state index contributed by atoms with van der Waals surface area (Å²) in [5, 5.41) is 23.7. The van der Waals surface area contributed by atoms with Crippen LogP contribution in [-0.2, 0) is 12.6 Å². The molecule has 134 valence electrons. The summed E-state index contributed by atoms with van der Waals surface area (Å²) < 4.78 is 39.2. The van der Waals surface area contributed by atoms with Crippen molar-refractivity contribution in [3.05, 3.63) is 33.4 Å². The molecule has 2 N–H and O–H groups in total. The molecule has 24 heavy (non-hydrogen) atoms. The van der Waals surface area contributed by atoms with Crippen LogP contribution in [0.3, 0.4) is 0 Å². The molecule has 0 aromatic heterocycles. The van der Waals surface area contributed by atoms with Gasteiger partial charge in [0.1, 0.15) is 5.56 Å². The van der Waals surface area contributed by atoms with Crippen molar-refractivity contribution in [3.63, 3.8) is 0 Å². The molecule has 0 spiro atoms. The highest BCUT2D eigenvalue weighted by Crippen LogP contribution is 2.43. The molecule has 0 amide bonds. The fourth-order valence-electron chi connectivity index (χ4n) is 2.78. The van der Waals surface area contributed by atoms with Crippen molar-refractivity contribution in [1.29, 1.82) is 0 Å². The van der Waals surface area contributed by atoms with E-state index >= 15 is 0 Å². The third kappa shape index (κ3) is 3.61. The Bertz CT molecular complexity index is 639. The molecule has 1 heterocycles. The zero-order valence-electron chi connectivity index (χ0n) is 13.3. The van der Waals surface area contributed by atoms with E-state index in [1.807, 2.05) is 13.8 Å². The molecule has 0 aliphatic carbocycles. The van der Waals surface area contributed by atoms with Crippen LogP contribution in [0.5, 0.6) is 0 Å². The second-order valence-electron chi connectivity index (χ2n) is 6.13. The average Bonchev–Trinajstić information content (AvgIpc) is 2.94. The van der Waals surface area contributed by atoms with Crippen LogP contribution in [-0.4, -0.2) is 34.2 Å². The predicted octanol–water partition coefficient (Wildman–Crippen LogP) is 3.70. The van der Waals surface area contributed by atoms with Gasteiger partial charge in [0.05, 0.1) is 11.5 Å². The van der Waals surface area contributed by atoms with Crippen LogP contribution in [0.2, 0.25) is 0 Å². The molecule has 0 radical (unpaired) electrons. The largest absolute Gasteiger partial charge is 0.423 e. The SMILES string of the molecule is CCSCC(C)(CO)C1Cc2cc([N+](=O)[O-])c(C(F)(F)F)cc2N1. The number of rotatable bonds is 6. The number of aliphatic hydroxyl groups is 1. The first-order chi connectivity index (χ1) is 11.1. The number of hydrogen-bond acceptors (Lipinski definition) is 5. The van der Waals surface area contributed by atoms with Crippen LogP contribution >= 0.6 is 11.8 Å². The van der Waals surface area contributed by atoms with Gasteiger partial charge in [-0.25, -0.2) is 0 Å². The van der Waals surface area contributed by atoms with Crippen molar-refractivity contribution in [2.45, 2.75) is 32.5 Å². The molecule has 9 heteroatoms. The summed E-state index contributed by atoms with van der Waals surface area (Å²) in [4.78, 5) is 9.98. The lowest BCUT2D eigenvalue weighted by Crippen LogP contribution is -2.42. The van der Waals surface area contributed by atoms with E-state index < -0.39 is 27.8 Å². The van der Waals surface area contributed by atoms with Crippen LogP contribution in [0.15, 0.2) is 12.1 Å². The molecule has 1 aromatic carbocycles. The van der Waals surface area contributed by atoms with Crippen molar-refractivity contribution in [2.75, 3.05) is 23.4 Å². The molecule has 0 bridgehead atoms. The number of nitrogens with zero attached hydrogens (tertiary/aromatic N) is 1. The Hall–Kier alpha value is -1.48. The summed E-state index contributed by atoms with van der Waals surface area (Å²) in [6, 6.07) is 1.52. The minimum atomic E-state index is -4.80. The van der Waals surface area contributed by atoms with Crippen LogP contribution < -0.4 is 5.32 Å². The zero-order valence-corrected chi connectivity index (χ0v) is 14.1. The molecule has 0 saturated heterocycles. The second-order valence-corrected chi connectivity index (χ2v) is 7.41. The number of benzene rings is 1. The number of aliphatic hydroxyl groups excluding tert-OH is 1. The molecule has 0 fully saturated rings. The number of nitrogens with one attached hydrogen (secondary N) is 1. The number of hydrogen-bond donors (Lipinski definition) is 2. The van der Waals surface area contributed by atoms with Gasteiger partial charge >= 0.3 is 6.18 Å². The molecule has 5 nitrogen and oxygen atoms in total. The van der Waals surface area contributed by atoms with Crippen molar-refractivity contribution in [2.24, 2.45) is 5.41 Å². The first-order valence-electron chi connectivity index (χ1n) is 7.46. The molecular weight excluding hydrogens is 345 g/mol. The van der Waals surface area contributed by atoms with E-state index in [4.69, 9.17) is 0 Å². The van der Waals surface area contributed by atoms with Crippen LogP contribution in [0.1, 0.15) is 25.0 Å². The Balaban J connectivity index is 2.37. The van der Waals surface area contributed by atoms with Crippen molar-refractivity contribution >= 4 is 23.1 Å². The minimum Gasteiger partial charge on any atom is -0.396 e. The highest BCUT2D eigenvalue weighted by atomic mass is 32.2. The summed E-state index contributed by atoms with van der Waals surface area (Å²) >= 11 is 1.63. The van der Waals surface area contributed by atoms with Crippen molar-refractivity contribution in [1.82, 2.24) is 0 Å². The maximum atomic E-state index is 13.1. The van der Waals surface area contributed by atoms with E-state index in [9.17, 15) is 28.4 Å². The van der Waals surface area contributed by atoms with Gasteiger partial charge in [0.25, 0.3) is 5.69 Å². The lowest BCUT2D eigenvalue weighted by molar-refractivity contribution is -0.388. The highest BCUT2D eigenvalue weighted by Gasteiger charge is 2.43. The van der Waals surface area contributed by atoms with E-state index in [2.05, 4.69) is 5.32 Å². The fraction of sp³-hybridized carbons (Fsp3) is 0.600. The monoisotopic (exact) mass is 364 g/mol. The first kappa shape index (κ1) is 18.9. The van der Waals surface area contributed by atoms with Crippen molar-refractivity contribution in [3.8, 4) is 0 Å². The molecule has 1 aliphatic rings. The van der Waals surface area contributed by atoms with E-state index in [-0.39, 0.29) is 18.3 Å². The maximum absolute atomic E-state index is 13.1. The minimum absolute atomic E-state index is 0.125. The van der Waals surface area contributed by atoms with Crippen LogP contribution in [0.25, 0.3) is 0 Å². The first-order valence-corrected chi connectivity index (χ1v) is 8.61. The summed E-state index contributed by atoms with van der Waals surface area (Å²) in [5.74, 6) is 1.50. The lowest BCUT2D eigenvalue weighted by Gasteiger charge is -2.33. The van der Waals surface area contributed by atoms with Crippen LogP contribution in [0, 0.1) is 15.5 Å². The highest BCUT2D eigenvalue weighted by molar-refractivity contribution is 7.99. The van der Waals surface area contributed by atoms with Gasteiger partial charge in [-0.15, -0.1) is 0 Å². The fourth-order valence-corrected chi connectivity index (χ4v) is 3.75. The van der Waals surface area contributed by atoms with Gasteiger partial charge in [0, 0.05) is 29.0 Å². The number of anilines is 1. The van der Waals surface area contributed by atoms with Gasteiger partial charge in [-0.2, -0.15) is 24.9 Å². The van der Waals surface area contributed by atoms with E-state index in [0.29, 0.717) is 17.7 Å². The number of alkyl halides is 3. The zero-order chi connectivity index (χ0) is 18.1. The molecule has 0 saturated carbocycles. The Morgan fingerprint density at radius 3 is 2.62 bits per heavy atom. The average molecular weight is 364 g/mol.